The van der Waals surface area contributed by atoms with Crippen molar-refractivity contribution in [3.8, 4) is 0 Å². The van der Waals surface area contributed by atoms with Crippen molar-refractivity contribution in [2.75, 3.05) is 14.2 Å². The summed E-state index contributed by atoms with van der Waals surface area (Å²) in [5.41, 5.74) is 0. The Morgan fingerprint density at radius 2 is 1.71 bits per heavy atom. The van der Waals surface area contributed by atoms with Gasteiger partial charge in [0.2, 0.25) is 0 Å². The lowest BCUT2D eigenvalue weighted by atomic mass is 9.86. The molecule has 0 bridgehead atoms. The van der Waals surface area contributed by atoms with Gasteiger partial charge < -0.3 is 8.85 Å². The third-order valence-electron chi connectivity index (χ3n) is 3.17. The summed E-state index contributed by atoms with van der Waals surface area (Å²) in [4.78, 5) is 0. The van der Waals surface area contributed by atoms with E-state index in [0.717, 1.165) is 12.0 Å². The topological polar surface area (TPSA) is 18.5 Å². The smallest absolute Gasteiger partial charge is 0.384 e. The Balaban J connectivity index is 2.01. The summed E-state index contributed by atoms with van der Waals surface area (Å²) in [6, 6.07) is 1.15. The van der Waals surface area contributed by atoms with Gasteiger partial charge in [-0.15, -0.1) is 0 Å². The Labute approximate surface area is 89.8 Å². The average Bonchev–Trinajstić information content (AvgIpc) is 2.26. The molecule has 1 aliphatic carbocycles. The SMILES string of the molecule is CO[Si](CCCC1CCCCC1)OC. The standard InChI is InChI=1S/C11H23O2Si/c1-12-14(13-2)10-6-9-11-7-4-3-5-8-11/h11H,3-10H2,1-2H3. The highest BCUT2D eigenvalue weighted by molar-refractivity contribution is 6.44. The second-order valence-corrected chi connectivity index (χ2v) is 6.24. The summed E-state index contributed by atoms with van der Waals surface area (Å²) < 4.78 is 10.5. The van der Waals surface area contributed by atoms with Gasteiger partial charge in [0, 0.05) is 14.2 Å². The third kappa shape index (κ3) is 4.58. The zero-order chi connectivity index (χ0) is 10.2. The first-order valence-electron chi connectivity index (χ1n) is 5.80. The van der Waals surface area contributed by atoms with E-state index in [0.29, 0.717) is 0 Å². The van der Waals surface area contributed by atoms with Gasteiger partial charge in [0.15, 0.2) is 0 Å². The molecule has 0 aromatic carbocycles. The zero-order valence-electron chi connectivity index (χ0n) is 9.55. The van der Waals surface area contributed by atoms with Gasteiger partial charge in [0.05, 0.1) is 0 Å². The van der Waals surface area contributed by atoms with Crippen molar-refractivity contribution < 1.29 is 8.85 Å². The van der Waals surface area contributed by atoms with Crippen molar-refractivity contribution >= 4 is 9.28 Å². The Hall–Kier alpha value is 0.137. The molecule has 0 aromatic heterocycles. The summed E-state index contributed by atoms with van der Waals surface area (Å²) in [5.74, 6) is 1.00. The highest BCUT2D eigenvalue weighted by atomic mass is 28.3. The molecular formula is C11H23O2Si. The Bertz CT molecular complexity index is 131. The first-order valence-corrected chi connectivity index (χ1v) is 7.33. The number of rotatable bonds is 6. The summed E-state index contributed by atoms with van der Waals surface area (Å²) in [5, 5.41) is 0. The Morgan fingerprint density at radius 1 is 1.07 bits per heavy atom. The van der Waals surface area contributed by atoms with Crippen LogP contribution >= 0.6 is 0 Å². The molecule has 1 aliphatic rings. The van der Waals surface area contributed by atoms with Gasteiger partial charge in [-0.3, -0.25) is 0 Å². The van der Waals surface area contributed by atoms with Gasteiger partial charge >= 0.3 is 9.28 Å². The fourth-order valence-corrected chi connectivity index (χ4v) is 3.37. The average molecular weight is 215 g/mol. The van der Waals surface area contributed by atoms with Gasteiger partial charge in [0.1, 0.15) is 0 Å². The molecule has 0 unspecified atom stereocenters. The predicted octanol–water partition coefficient (Wildman–Crippen LogP) is 3.13. The summed E-state index contributed by atoms with van der Waals surface area (Å²) >= 11 is 0. The van der Waals surface area contributed by atoms with Crippen LogP contribution in [0.25, 0.3) is 0 Å². The van der Waals surface area contributed by atoms with Gasteiger partial charge in [-0.05, 0) is 12.0 Å². The lowest BCUT2D eigenvalue weighted by molar-refractivity contribution is 0.272. The van der Waals surface area contributed by atoms with Crippen LogP contribution in [0.1, 0.15) is 44.9 Å². The first-order chi connectivity index (χ1) is 6.86. The molecule has 14 heavy (non-hydrogen) atoms. The molecule has 0 heterocycles. The molecule has 1 rings (SSSR count). The van der Waals surface area contributed by atoms with Crippen LogP contribution in [0.2, 0.25) is 6.04 Å². The molecule has 0 aliphatic heterocycles. The van der Waals surface area contributed by atoms with Crippen LogP contribution in [0.5, 0.6) is 0 Å². The summed E-state index contributed by atoms with van der Waals surface area (Å²) in [6.07, 6.45) is 9.97. The molecule has 1 radical (unpaired) electrons. The van der Waals surface area contributed by atoms with Crippen LogP contribution in [0.3, 0.4) is 0 Å². The molecule has 0 aromatic rings. The van der Waals surface area contributed by atoms with E-state index in [1.807, 2.05) is 0 Å². The van der Waals surface area contributed by atoms with Crippen molar-refractivity contribution in [2.24, 2.45) is 5.92 Å². The van der Waals surface area contributed by atoms with E-state index in [4.69, 9.17) is 8.85 Å². The molecule has 2 nitrogen and oxygen atoms in total. The number of hydrogen-bond donors (Lipinski definition) is 0. The van der Waals surface area contributed by atoms with Crippen LogP contribution < -0.4 is 0 Å². The Morgan fingerprint density at radius 3 is 2.29 bits per heavy atom. The molecule has 1 saturated carbocycles. The zero-order valence-corrected chi connectivity index (χ0v) is 10.6. The molecule has 3 heteroatoms. The van der Waals surface area contributed by atoms with Crippen LogP contribution in [0.15, 0.2) is 0 Å². The molecule has 83 valence electrons. The fraction of sp³-hybridized carbons (Fsp3) is 1.00. The van der Waals surface area contributed by atoms with E-state index in [9.17, 15) is 0 Å². The molecular weight excluding hydrogens is 192 g/mol. The van der Waals surface area contributed by atoms with Crippen molar-refractivity contribution in [1.82, 2.24) is 0 Å². The minimum Gasteiger partial charge on any atom is -0.397 e. The molecule has 0 N–H and O–H groups in total. The van der Waals surface area contributed by atoms with Crippen LogP contribution in [-0.4, -0.2) is 23.5 Å². The quantitative estimate of drug-likeness (QED) is 0.634. The normalized spacial score (nSPS) is 19.1. The lowest BCUT2D eigenvalue weighted by Gasteiger charge is -2.21. The predicted molar refractivity (Wildman–Crippen MR) is 60.4 cm³/mol. The van der Waals surface area contributed by atoms with Crippen LogP contribution in [0, 0.1) is 5.92 Å². The van der Waals surface area contributed by atoms with Crippen molar-refractivity contribution in [3.63, 3.8) is 0 Å². The van der Waals surface area contributed by atoms with Crippen molar-refractivity contribution in [3.05, 3.63) is 0 Å². The maximum atomic E-state index is 5.27. The van der Waals surface area contributed by atoms with Gasteiger partial charge in [-0.2, -0.15) is 0 Å². The van der Waals surface area contributed by atoms with E-state index in [1.165, 1.54) is 44.9 Å². The largest absolute Gasteiger partial charge is 0.397 e. The fourth-order valence-electron chi connectivity index (χ4n) is 2.30. The van der Waals surface area contributed by atoms with E-state index < -0.39 is 9.28 Å². The minimum atomic E-state index is -0.924. The van der Waals surface area contributed by atoms with Crippen molar-refractivity contribution in [1.29, 1.82) is 0 Å². The summed E-state index contributed by atoms with van der Waals surface area (Å²) in [7, 11) is 2.60. The van der Waals surface area contributed by atoms with Gasteiger partial charge in [-0.25, -0.2) is 0 Å². The highest BCUT2D eigenvalue weighted by Crippen LogP contribution is 2.27. The maximum Gasteiger partial charge on any atom is 0.384 e. The lowest BCUT2D eigenvalue weighted by Crippen LogP contribution is -2.19. The van der Waals surface area contributed by atoms with E-state index in [1.54, 1.807) is 14.2 Å². The highest BCUT2D eigenvalue weighted by Gasteiger charge is 2.16. The monoisotopic (exact) mass is 215 g/mol. The minimum absolute atomic E-state index is 0.924. The molecule has 1 fully saturated rings. The maximum absolute atomic E-state index is 5.27. The van der Waals surface area contributed by atoms with Crippen LogP contribution in [0.4, 0.5) is 0 Å². The second-order valence-electron chi connectivity index (χ2n) is 4.18. The molecule has 0 amide bonds. The van der Waals surface area contributed by atoms with Gasteiger partial charge in [0.25, 0.3) is 0 Å². The van der Waals surface area contributed by atoms with E-state index >= 15 is 0 Å². The molecule has 0 saturated heterocycles. The summed E-state index contributed by atoms with van der Waals surface area (Å²) in [6.45, 7) is 0. The van der Waals surface area contributed by atoms with Crippen LogP contribution in [-0.2, 0) is 8.85 Å². The van der Waals surface area contributed by atoms with Crippen molar-refractivity contribution in [2.45, 2.75) is 51.0 Å². The van der Waals surface area contributed by atoms with E-state index in [-0.39, 0.29) is 0 Å². The van der Waals surface area contributed by atoms with E-state index in [2.05, 4.69) is 0 Å². The first kappa shape index (κ1) is 12.2. The third-order valence-corrected chi connectivity index (χ3v) is 4.85. The van der Waals surface area contributed by atoms with Gasteiger partial charge in [-0.1, -0.05) is 44.9 Å². The Kier molecular flexibility index (Phi) is 6.48. The molecule has 0 spiro atoms. The second kappa shape index (κ2) is 7.43. The number of hydrogen-bond acceptors (Lipinski definition) is 2. The molecule has 0 atom stereocenters.